The summed E-state index contributed by atoms with van der Waals surface area (Å²) in [6, 6.07) is 20.4. The van der Waals surface area contributed by atoms with E-state index in [1.807, 2.05) is 32.0 Å². The number of nitrogens with one attached hydrogen (secondary N) is 1. The molecule has 156 valence electrons. The fourth-order valence-electron chi connectivity index (χ4n) is 3.12. The van der Waals surface area contributed by atoms with Crippen LogP contribution in [0.1, 0.15) is 11.1 Å². The molecule has 3 aromatic carbocycles. The smallest absolute Gasteiger partial charge is 0.264 e. The summed E-state index contributed by atoms with van der Waals surface area (Å²) in [5.74, 6) is 0.0608. The van der Waals surface area contributed by atoms with Crippen LogP contribution in [-0.2, 0) is 14.8 Å². The van der Waals surface area contributed by atoms with Gasteiger partial charge in [-0.2, -0.15) is 0 Å². The number of benzene rings is 3. The highest BCUT2D eigenvalue weighted by Crippen LogP contribution is 2.27. The molecule has 3 rings (SSSR count). The molecule has 6 nitrogen and oxygen atoms in total. The Balaban J connectivity index is 1.98. The van der Waals surface area contributed by atoms with Crippen LogP contribution in [0.4, 0.5) is 11.4 Å². The van der Waals surface area contributed by atoms with Crippen LogP contribution in [0.2, 0.25) is 0 Å². The molecule has 0 saturated carbocycles. The molecular weight excluding hydrogens is 400 g/mol. The summed E-state index contributed by atoms with van der Waals surface area (Å²) in [5, 5.41) is 2.85. The molecular formula is C23H24N2O4S. The molecule has 1 amide bonds. The van der Waals surface area contributed by atoms with Crippen molar-refractivity contribution in [3.05, 3.63) is 83.9 Å². The first-order chi connectivity index (χ1) is 14.3. The third-order valence-corrected chi connectivity index (χ3v) is 6.49. The van der Waals surface area contributed by atoms with Gasteiger partial charge in [0, 0.05) is 11.8 Å². The van der Waals surface area contributed by atoms with Gasteiger partial charge in [-0.05, 0) is 49.2 Å². The van der Waals surface area contributed by atoms with Gasteiger partial charge in [-0.15, -0.1) is 0 Å². The predicted octanol–water partition coefficient (Wildman–Crippen LogP) is 4.15. The number of carbonyl (C=O) groups is 1. The number of aryl methyl sites for hydroxylation is 2. The standard InChI is InChI=1S/C23H24N2O4S/c1-17-9-7-10-18(2)23(17)24-22(26)16-25(19-11-8-12-20(15-19)29-3)30(27,28)21-13-5-4-6-14-21/h4-15H,16H2,1-3H3,(H,24,26). The van der Waals surface area contributed by atoms with Gasteiger partial charge < -0.3 is 10.1 Å². The maximum Gasteiger partial charge on any atom is 0.264 e. The van der Waals surface area contributed by atoms with Crippen molar-refractivity contribution in [1.29, 1.82) is 0 Å². The van der Waals surface area contributed by atoms with Gasteiger partial charge in [0.05, 0.1) is 17.7 Å². The van der Waals surface area contributed by atoms with Gasteiger partial charge in [-0.3, -0.25) is 9.10 Å². The third-order valence-electron chi connectivity index (χ3n) is 4.71. The van der Waals surface area contributed by atoms with Crippen LogP contribution in [-0.4, -0.2) is 28.0 Å². The highest BCUT2D eigenvalue weighted by molar-refractivity contribution is 7.92. The average molecular weight is 425 g/mol. The van der Waals surface area contributed by atoms with Crippen LogP contribution in [0.5, 0.6) is 5.75 Å². The summed E-state index contributed by atoms with van der Waals surface area (Å²) in [6.07, 6.45) is 0. The molecule has 30 heavy (non-hydrogen) atoms. The SMILES string of the molecule is COc1cccc(N(CC(=O)Nc2c(C)cccc2C)S(=O)(=O)c2ccccc2)c1. The molecule has 0 aromatic heterocycles. The van der Waals surface area contributed by atoms with Crippen molar-refractivity contribution in [1.82, 2.24) is 0 Å². The van der Waals surface area contributed by atoms with Crippen LogP contribution in [0.3, 0.4) is 0 Å². The van der Waals surface area contributed by atoms with Gasteiger partial charge in [0.15, 0.2) is 0 Å². The molecule has 0 atom stereocenters. The third kappa shape index (κ3) is 4.63. The molecule has 0 heterocycles. The Bertz CT molecular complexity index is 1120. The quantitative estimate of drug-likeness (QED) is 0.618. The van der Waals surface area contributed by atoms with Crippen molar-refractivity contribution in [2.24, 2.45) is 0 Å². The lowest BCUT2D eigenvalue weighted by Crippen LogP contribution is -2.38. The minimum atomic E-state index is -3.97. The zero-order valence-electron chi connectivity index (χ0n) is 17.1. The first-order valence-corrected chi connectivity index (χ1v) is 10.8. The van der Waals surface area contributed by atoms with E-state index < -0.39 is 15.9 Å². The fourth-order valence-corrected chi connectivity index (χ4v) is 4.56. The van der Waals surface area contributed by atoms with E-state index in [0.29, 0.717) is 17.1 Å². The maximum atomic E-state index is 13.4. The number of amides is 1. The number of methoxy groups -OCH3 is 1. The Kier molecular flexibility index (Phi) is 6.42. The van der Waals surface area contributed by atoms with Crippen molar-refractivity contribution < 1.29 is 17.9 Å². The van der Waals surface area contributed by atoms with Crippen molar-refractivity contribution in [2.45, 2.75) is 18.7 Å². The Hall–Kier alpha value is -3.32. The summed E-state index contributed by atoms with van der Waals surface area (Å²) in [7, 11) is -2.47. The number of para-hydroxylation sites is 1. The summed E-state index contributed by atoms with van der Waals surface area (Å²) in [6.45, 7) is 3.41. The van der Waals surface area contributed by atoms with E-state index in [4.69, 9.17) is 4.74 Å². The van der Waals surface area contributed by atoms with E-state index in [0.717, 1.165) is 15.4 Å². The first kappa shape index (κ1) is 21.4. The molecule has 1 N–H and O–H groups in total. The molecule has 0 saturated heterocycles. The summed E-state index contributed by atoms with van der Waals surface area (Å²) < 4.78 is 33.0. The summed E-state index contributed by atoms with van der Waals surface area (Å²) >= 11 is 0. The lowest BCUT2D eigenvalue weighted by Gasteiger charge is -2.25. The largest absolute Gasteiger partial charge is 0.497 e. The fraction of sp³-hybridized carbons (Fsp3) is 0.174. The minimum Gasteiger partial charge on any atom is -0.497 e. The second-order valence-electron chi connectivity index (χ2n) is 6.84. The zero-order valence-corrected chi connectivity index (χ0v) is 17.9. The highest BCUT2D eigenvalue weighted by Gasteiger charge is 2.27. The molecule has 0 fully saturated rings. The number of ether oxygens (including phenoxy) is 1. The van der Waals surface area contributed by atoms with Gasteiger partial charge in [-0.25, -0.2) is 8.42 Å². The second-order valence-corrected chi connectivity index (χ2v) is 8.70. The van der Waals surface area contributed by atoms with E-state index in [9.17, 15) is 13.2 Å². The summed E-state index contributed by atoms with van der Waals surface area (Å²) in [5.41, 5.74) is 2.84. The van der Waals surface area contributed by atoms with Gasteiger partial charge in [0.2, 0.25) is 5.91 Å². The highest BCUT2D eigenvalue weighted by atomic mass is 32.2. The monoisotopic (exact) mass is 424 g/mol. The van der Waals surface area contributed by atoms with Gasteiger partial charge >= 0.3 is 0 Å². The van der Waals surface area contributed by atoms with Crippen LogP contribution >= 0.6 is 0 Å². The van der Waals surface area contributed by atoms with Crippen LogP contribution in [0.15, 0.2) is 77.7 Å². The van der Waals surface area contributed by atoms with Crippen LogP contribution in [0.25, 0.3) is 0 Å². The molecule has 0 aliphatic rings. The maximum absolute atomic E-state index is 13.4. The minimum absolute atomic E-state index is 0.104. The van der Waals surface area contributed by atoms with Crippen molar-refractivity contribution in [2.75, 3.05) is 23.3 Å². The van der Waals surface area contributed by atoms with Gasteiger partial charge in [0.1, 0.15) is 12.3 Å². The Labute approximate surface area is 177 Å². The lowest BCUT2D eigenvalue weighted by atomic mass is 10.1. The number of hydrogen-bond acceptors (Lipinski definition) is 4. The number of nitrogens with zero attached hydrogens (tertiary/aromatic N) is 1. The van der Waals surface area contributed by atoms with E-state index in [1.54, 1.807) is 42.5 Å². The van der Waals surface area contributed by atoms with Crippen molar-refractivity contribution in [3.8, 4) is 5.75 Å². The van der Waals surface area contributed by atoms with E-state index in [-0.39, 0.29) is 11.4 Å². The molecule has 0 bridgehead atoms. The Morgan fingerprint density at radius 1 is 0.933 bits per heavy atom. The normalized spacial score (nSPS) is 11.0. The molecule has 3 aromatic rings. The molecule has 0 radical (unpaired) electrons. The first-order valence-electron chi connectivity index (χ1n) is 9.41. The molecule has 0 unspecified atom stereocenters. The second kappa shape index (κ2) is 9.00. The lowest BCUT2D eigenvalue weighted by molar-refractivity contribution is -0.114. The van der Waals surface area contributed by atoms with Gasteiger partial charge in [0.25, 0.3) is 10.0 Å². The van der Waals surface area contributed by atoms with E-state index >= 15 is 0 Å². The Morgan fingerprint density at radius 2 is 1.57 bits per heavy atom. The van der Waals surface area contributed by atoms with Crippen LogP contribution < -0.4 is 14.4 Å². The number of rotatable bonds is 7. The molecule has 0 aliphatic heterocycles. The van der Waals surface area contributed by atoms with E-state index in [1.165, 1.54) is 19.2 Å². The zero-order chi connectivity index (χ0) is 21.7. The number of anilines is 2. The number of carbonyl (C=O) groups excluding carboxylic acids is 1. The Morgan fingerprint density at radius 3 is 2.20 bits per heavy atom. The molecule has 0 aliphatic carbocycles. The average Bonchev–Trinajstić information content (AvgIpc) is 2.75. The van der Waals surface area contributed by atoms with Crippen LogP contribution in [0, 0.1) is 13.8 Å². The molecule has 7 heteroatoms. The number of sulfonamides is 1. The van der Waals surface area contributed by atoms with Gasteiger partial charge in [-0.1, -0.05) is 42.5 Å². The molecule has 0 spiro atoms. The summed E-state index contributed by atoms with van der Waals surface area (Å²) in [4.78, 5) is 13.0. The van der Waals surface area contributed by atoms with Crippen molar-refractivity contribution in [3.63, 3.8) is 0 Å². The van der Waals surface area contributed by atoms with E-state index in [2.05, 4.69) is 5.32 Å². The topological polar surface area (TPSA) is 75.7 Å². The number of hydrogen-bond donors (Lipinski definition) is 1. The predicted molar refractivity (Wildman–Crippen MR) is 119 cm³/mol. The van der Waals surface area contributed by atoms with Crippen molar-refractivity contribution >= 4 is 27.3 Å².